The van der Waals surface area contributed by atoms with Gasteiger partial charge in [0.15, 0.2) is 5.82 Å². The van der Waals surface area contributed by atoms with Crippen LogP contribution in [0.25, 0.3) is 0 Å². The molecule has 2 rings (SSSR count). The first-order valence-electron chi connectivity index (χ1n) is 6.18. The van der Waals surface area contributed by atoms with Gasteiger partial charge in [0, 0.05) is 0 Å². The summed E-state index contributed by atoms with van der Waals surface area (Å²) in [4.78, 5) is -0.241. The van der Waals surface area contributed by atoms with E-state index in [-0.39, 0.29) is 4.90 Å². The summed E-state index contributed by atoms with van der Waals surface area (Å²) in [6, 6.07) is 7.44. The smallest absolute Gasteiger partial charge is 0.419 e. The maximum absolute atomic E-state index is 13.9. The molecule has 0 fully saturated rings. The Morgan fingerprint density at radius 1 is 1.04 bits per heavy atom. The van der Waals surface area contributed by atoms with Gasteiger partial charge in [-0.15, -0.1) is 0 Å². The van der Waals surface area contributed by atoms with Gasteiger partial charge in [-0.3, -0.25) is 4.72 Å². The minimum Gasteiger partial charge on any atom is -0.497 e. The SMILES string of the molecule is COc1ccc(S(=O)(=O)Nc2cccc(C(F)(F)F)c2F)cc1. The third kappa shape index (κ3) is 3.73. The molecule has 23 heavy (non-hydrogen) atoms. The Morgan fingerprint density at radius 3 is 2.17 bits per heavy atom. The number of halogens is 4. The van der Waals surface area contributed by atoms with Gasteiger partial charge >= 0.3 is 6.18 Å². The van der Waals surface area contributed by atoms with Gasteiger partial charge < -0.3 is 4.74 Å². The van der Waals surface area contributed by atoms with E-state index >= 15 is 0 Å². The Morgan fingerprint density at radius 2 is 1.65 bits per heavy atom. The molecule has 0 unspecified atom stereocenters. The van der Waals surface area contributed by atoms with Crippen LogP contribution in [0.15, 0.2) is 47.4 Å². The Hall–Kier alpha value is -2.29. The molecular weight excluding hydrogens is 338 g/mol. The molecule has 0 aliphatic carbocycles. The van der Waals surface area contributed by atoms with Crippen LogP contribution in [0.4, 0.5) is 23.2 Å². The van der Waals surface area contributed by atoms with Crippen molar-refractivity contribution in [3.8, 4) is 5.75 Å². The number of rotatable bonds is 4. The lowest BCUT2D eigenvalue weighted by Crippen LogP contribution is -2.16. The van der Waals surface area contributed by atoms with E-state index in [1.54, 1.807) is 0 Å². The van der Waals surface area contributed by atoms with Gasteiger partial charge in [0.2, 0.25) is 0 Å². The Labute approximate surface area is 129 Å². The van der Waals surface area contributed by atoms with Crippen molar-refractivity contribution in [3.05, 3.63) is 53.8 Å². The van der Waals surface area contributed by atoms with E-state index < -0.39 is 33.3 Å². The van der Waals surface area contributed by atoms with Crippen molar-refractivity contribution in [3.63, 3.8) is 0 Å². The molecule has 0 radical (unpaired) electrons. The maximum atomic E-state index is 13.9. The summed E-state index contributed by atoms with van der Waals surface area (Å²) in [7, 11) is -2.85. The summed E-state index contributed by atoms with van der Waals surface area (Å²) < 4.78 is 82.7. The number of hydrogen-bond acceptors (Lipinski definition) is 3. The van der Waals surface area contributed by atoms with Crippen LogP contribution in [0.3, 0.4) is 0 Å². The lowest BCUT2D eigenvalue weighted by atomic mass is 10.2. The largest absolute Gasteiger partial charge is 0.497 e. The molecule has 0 bridgehead atoms. The quantitative estimate of drug-likeness (QED) is 0.857. The van der Waals surface area contributed by atoms with Crippen molar-refractivity contribution in [1.82, 2.24) is 0 Å². The number of benzene rings is 2. The maximum Gasteiger partial charge on any atom is 0.419 e. The van der Waals surface area contributed by atoms with Crippen molar-refractivity contribution in [2.24, 2.45) is 0 Å². The minimum absolute atomic E-state index is 0.241. The molecule has 0 atom stereocenters. The first kappa shape index (κ1) is 17.1. The first-order valence-corrected chi connectivity index (χ1v) is 7.66. The molecular formula is C14H11F4NO3S. The van der Waals surface area contributed by atoms with Gasteiger partial charge in [-0.1, -0.05) is 6.07 Å². The number of sulfonamides is 1. The van der Waals surface area contributed by atoms with Crippen LogP contribution in [0, 0.1) is 5.82 Å². The van der Waals surface area contributed by atoms with Crippen molar-refractivity contribution in [1.29, 1.82) is 0 Å². The third-order valence-corrected chi connectivity index (χ3v) is 4.30. The van der Waals surface area contributed by atoms with E-state index in [1.165, 1.54) is 31.4 Å². The topological polar surface area (TPSA) is 55.4 Å². The Bertz CT molecular complexity index is 802. The summed E-state index contributed by atoms with van der Waals surface area (Å²) in [5.41, 5.74) is -2.33. The number of ether oxygens (including phenoxy) is 1. The summed E-state index contributed by atoms with van der Waals surface area (Å²) in [6.07, 6.45) is -4.92. The van der Waals surface area contributed by atoms with E-state index in [2.05, 4.69) is 0 Å². The molecule has 0 saturated heterocycles. The van der Waals surface area contributed by atoms with Gasteiger partial charge in [0.25, 0.3) is 10.0 Å². The fourth-order valence-electron chi connectivity index (χ4n) is 1.79. The predicted octanol–water partition coefficient (Wildman–Crippen LogP) is 3.65. The average Bonchev–Trinajstić information content (AvgIpc) is 2.48. The second-order valence-corrected chi connectivity index (χ2v) is 6.13. The molecule has 2 aromatic carbocycles. The fourth-order valence-corrected chi connectivity index (χ4v) is 2.85. The van der Waals surface area contributed by atoms with Gasteiger partial charge in [-0.05, 0) is 36.4 Å². The number of hydrogen-bond donors (Lipinski definition) is 1. The van der Waals surface area contributed by atoms with E-state index in [4.69, 9.17) is 4.74 Å². The molecule has 0 spiro atoms. The zero-order chi connectivity index (χ0) is 17.3. The summed E-state index contributed by atoms with van der Waals surface area (Å²) in [6.45, 7) is 0. The predicted molar refractivity (Wildman–Crippen MR) is 75.2 cm³/mol. The average molecular weight is 349 g/mol. The van der Waals surface area contributed by atoms with Crippen LogP contribution >= 0.6 is 0 Å². The molecule has 124 valence electrons. The Kier molecular flexibility index (Phi) is 4.51. The van der Waals surface area contributed by atoms with Gasteiger partial charge in [-0.25, -0.2) is 12.8 Å². The Balaban J connectivity index is 2.37. The number of methoxy groups -OCH3 is 1. The molecule has 0 aromatic heterocycles. The van der Waals surface area contributed by atoms with E-state index in [9.17, 15) is 26.0 Å². The second-order valence-electron chi connectivity index (χ2n) is 4.45. The van der Waals surface area contributed by atoms with Crippen LogP contribution < -0.4 is 9.46 Å². The number of alkyl halides is 3. The molecule has 1 N–H and O–H groups in total. The van der Waals surface area contributed by atoms with E-state index in [1.807, 2.05) is 4.72 Å². The monoisotopic (exact) mass is 349 g/mol. The van der Waals surface area contributed by atoms with Gasteiger partial charge in [0.05, 0.1) is 23.3 Å². The molecule has 2 aromatic rings. The number of anilines is 1. The zero-order valence-electron chi connectivity index (χ0n) is 11.7. The highest BCUT2D eigenvalue weighted by atomic mass is 32.2. The van der Waals surface area contributed by atoms with Crippen LogP contribution in [0.1, 0.15) is 5.56 Å². The van der Waals surface area contributed by atoms with Crippen molar-refractivity contribution in [2.45, 2.75) is 11.1 Å². The van der Waals surface area contributed by atoms with E-state index in [0.29, 0.717) is 11.8 Å². The third-order valence-electron chi connectivity index (χ3n) is 2.92. The van der Waals surface area contributed by atoms with Crippen LogP contribution in [-0.4, -0.2) is 15.5 Å². The molecule has 9 heteroatoms. The highest BCUT2D eigenvalue weighted by Crippen LogP contribution is 2.34. The minimum atomic E-state index is -4.92. The van der Waals surface area contributed by atoms with E-state index in [0.717, 1.165) is 12.1 Å². The molecule has 4 nitrogen and oxygen atoms in total. The van der Waals surface area contributed by atoms with Crippen molar-refractivity contribution in [2.75, 3.05) is 11.8 Å². The molecule has 0 aliphatic rings. The van der Waals surface area contributed by atoms with Crippen molar-refractivity contribution >= 4 is 15.7 Å². The lowest BCUT2D eigenvalue weighted by Gasteiger charge is -2.13. The highest BCUT2D eigenvalue weighted by Gasteiger charge is 2.35. The summed E-state index contributed by atoms with van der Waals surface area (Å²) >= 11 is 0. The second kappa shape index (κ2) is 6.07. The van der Waals surface area contributed by atoms with Gasteiger partial charge in [0.1, 0.15) is 5.75 Å². The molecule has 0 amide bonds. The van der Waals surface area contributed by atoms with Crippen LogP contribution in [0.2, 0.25) is 0 Å². The highest BCUT2D eigenvalue weighted by molar-refractivity contribution is 7.92. The normalized spacial score (nSPS) is 12.0. The van der Waals surface area contributed by atoms with Crippen LogP contribution in [0.5, 0.6) is 5.75 Å². The standard InChI is InChI=1S/C14H11F4NO3S/c1-22-9-5-7-10(8-6-9)23(20,21)19-12-4-2-3-11(13(12)15)14(16,17)18/h2-8,19H,1H3. The van der Waals surface area contributed by atoms with Gasteiger partial charge in [-0.2, -0.15) is 13.2 Å². The fraction of sp³-hybridized carbons (Fsp3) is 0.143. The lowest BCUT2D eigenvalue weighted by molar-refractivity contribution is -0.139. The number of nitrogens with one attached hydrogen (secondary N) is 1. The summed E-state index contributed by atoms with van der Waals surface area (Å²) in [5, 5.41) is 0. The molecule has 0 heterocycles. The van der Waals surface area contributed by atoms with Crippen LogP contribution in [-0.2, 0) is 16.2 Å². The zero-order valence-corrected chi connectivity index (χ0v) is 12.5. The summed E-state index contributed by atoms with van der Waals surface area (Å²) in [5.74, 6) is -1.29. The molecule has 0 aliphatic heterocycles. The molecule has 0 saturated carbocycles. The van der Waals surface area contributed by atoms with Crippen molar-refractivity contribution < 1.29 is 30.7 Å². The first-order chi connectivity index (χ1) is 10.6.